The monoisotopic (exact) mass is 426 g/mol. The van der Waals surface area contributed by atoms with Gasteiger partial charge in [-0.2, -0.15) is 0 Å². The van der Waals surface area contributed by atoms with E-state index in [4.69, 9.17) is 0 Å². The van der Waals surface area contributed by atoms with E-state index in [2.05, 4.69) is 20.1 Å². The molecule has 0 aliphatic heterocycles. The second-order valence-electron chi connectivity index (χ2n) is 6.82. The number of nitrogens with one attached hydrogen (secondary N) is 2. The van der Waals surface area contributed by atoms with Crippen LogP contribution in [0.15, 0.2) is 42.5 Å². The average molecular weight is 426 g/mol. The Morgan fingerprint density at radius 1 is 0.742 bits per heavy atom. The van der Waals surface area contributed by atoms with Gasteiger partial charge in [-0.3, -0.25) is 9.59 Å². The Kier molecular flexibility index (Phi) is 8.31. The molecule has 2 rings (SSSR count). The standard InChI is InChI=1S/C23H26N2O6/c1-5-14(6-2)20(26)24-18-9-7-15(8-10-18)21(27)25-19-12-16(22(28)30-3)11-17(13-19)23(29)31-4/h7-14H,5-6H2,1-4H3,(H,24,26)(H,25,27). The van der Waals surface area contributed by atoms with Gasteiger partial charge in [-0.15, -0.1) is 0 Å². The van der Waals surface area contributed by atoms with Crippen LogP contribution in [0.2, 0.25) is 0 Å². The number of benzene rings is 2. The van der Waals surface area contributed by atoms with Crippen molar-refractivity contribution in [2.24, 2.45) is 5.92 Å². The van der Waals surface area contributed by atoms with Gasteiger partial charge >= 0.3 is 11.9 Å². The van der Waals surface area contributed by atoms with Crippen molar-refractivity contribution in [1.82, 2.24) is 0 Å². The lowest BCUT2D eigenvalue weighted by Gasteiger charge is -2.13. The van der Waals surface area contributed by atoms with Crippen molar-refractivity contribution >= 4 is 35.1 Å². The third-order valence-electron chi connectivity index (χ3n) is 4.80. The second-order valence-corrected chi connectivity index (χ2v) is 6.82. The summed E-state index contributed by atoms with van der Waals surface area (Å²) in [6, 6.07) is 10.6. The summed E-state index contributed by atoms with van der Waals surface area (Å²) in [6.07, 6.45) is 1.50. The highest BCUT2D eigenvalue weighted by atomic mass is 16.5. The summed E-state index contributed by atoms with van der Waals surface area (Å²) in [7, 11) is 2.43. The number of hydrogen-bond acceptors (Lipinski definition) is 6. The molecule has 0 bridgehead atoms. The van der Waals surface area contributed by atoms with Gasteiger partial charge in [0.25, 0.3) is 5.91 Å². The third kappa shape index (κ3) is 6.15. The average Bonchev–Trinajstić information content (AvgIpc) is 2.78. The first-order chi connectivity index (χ1) is 14.8. The predicted octanol–water partition coefficient (Wildman–Crippen LogP) is 3.89. The molecule has 0 aromatic heterocycles. The van der Waals surface area contributed by atoms with Crippen LogP contribution in [0.4, 0.5) is 11.4 Å². The van der Waals surface area contributed by atoms with Crippen LogP contribution in [-0.4, -0.2) is 38.0 Å². The maximum Gasteiger partial charge on any atom is 0.337 e. The fraction of sp³-hybridized carbons (Fsp3) is 0.304. The first kappa shape index (κ1) is 23.6. The molecule has 0 saturated heterocycles. The van der Waals surface area contributed by atoms with E-state index in [0.29, 0.717) is 11.3 Å². The van der Waals surface area contributed by atoms with Gasteiger partial charge in [-0.25, -0.2) is 9.59 Å². The Labute approximate surface area is 180 Å². The van der Waals surface area contributed by atoms with E-state index in [1.165, 1.54) is 32.4 Å². The molecular formula is C23H26N2O6. The van der Waals surface area contributed by atoms with Crippen molar-refractivity contribution < 1.29 is 28.7 Å². The van der Waals surface area contributed by atoms with Crippen LogP contribution < -0.4 is 10.6 Å². The van der Waals surface area contributed by atoms with Crippen molar-refractivity contribution in [3.05, 3.63) is 59.2 Å². The minimum atomic E-state index is -0.654. The van der Waals surface area contributed by atoms with Crippen LogP contribution in [0.5, 0.6) is 0 Å². The zero-order valence-corrected chi connectivity index (χ0v) is 18.0. The number of ether oxygens (including phenoxy) is 2. The summed E-state index contributed by atoms with van der Waals surface area (Å²) in [5, 5.41) is 5.49. The Morgan fingerprint density at radius 2 is 1.26 bits per heavy atom. The minimum Gasteiger partial charge on any atom is -0.465 e. The number of carbonyl (C=O) groups is 4. The summed E-state index contributed by atoms with van der Waals surface area (Å²) in [4.78, 5) is 48.6. The first-order valence-electron chi connectivity index (χ1n) is 9.86. The van der Waals surface area contributed by atoms with Crippen molar-refractivity contribution in [3.63, 3.8) is 0 Å². The molecule has 2 amide bonds. The van der Waals surface area contributed by atoms with E-state index in [1.807, 2.05) is 13.8 Å². The van der Waals surface area contributed by atoms with Crippen LogP contribution in [0.3, 0.4) is 0 Å². The number of rotatable bonds is 8. The topological polar surface area (TPSA) is 111 Å². The molecule has 0 aliphatic carbocycles. The Hall–Kier alpha value is -3.68. The number of amides is 2. The zero-order chi connectivity index (χ0) is 23.0. The molecular weight excluding hydrogens is 400 g/mol. The molecule has 8 nitrogen and oxygen atoms in total. The summed E-state index contributed by atoms with van der Waals surface area (Å²) < 4.78 is 9.38. The molecule has 2 N–H and O–H groups in total. The van der Waals surface area contributed by atoms with Gasteiger partial charge in [0.2, 0.25) is 5.91 Å². The molecule has 8 heteroatoms. The van der Waals surface area contributed by atoms with E-state index < -0.39 is 17.8 Å². The molecule has 2 aromatic rings. The molecule has 2 aromatic carbocycles. The van der Waals surface area contributed by atoms with Crippen LogP contribution in [0.1, 0.15) is 57.8 Å². The van der Waals surface area contributed by atoms with Crippen molar-refractivity contribution in [3.8, 4) is 0 Å². The number of anilines is 2. The smallest absolute Gasteiger partial charge is 0.337 e. The van der Waals surface area contributed by atoms with Gasteiger partial charge in [0.15, 0.2) is 0 Å². The molecule has 0 atom stereocenters. The van der Waals surface area contributed by atoms with E-state index in [-0.39, 0.29) is 28.6 Å². The Bertz CT molecular complexity index is 930. The largest absolute Gasteiger partial charge is 0.465 e. The molecule has 0 fully saturated rings. The lowest BCUT2D eigenvalue weighted by Crippen LogP contribution is -2.21. The van der Waals surface area contributed by atoms with Gasteiger partial charge in [-0.1, -0.05) is 13.8 Å². The van der Waals surface area contributed by atoms with Gasteiger partial charge in [0, 0.05) is 22.9 Å². The van der Waals surface area contributed by atoms with E-state index in [9.17, 15) is 19.2 Å². The van der Waals surface area contributed by atoms with E-state index >= 15 is 0 Å². The van der Waals surface area contributed by atoms with Crippen LogP contribution in [0.25, 0.3) is 0 Å². The molecule has 0 saturated carbocycles. The molecule has 0 aliphatic rings. The molecule has 0 spiro atoms. The molecule has 0 heterocycles. The number of methoxy groups -OCH3 is 2. The quantitative estimate of drug-likeness (QED) is 0.620. The molecule has 0 radical (unpaired) electrons. The fourth-order valence-corrected chi connectivity index (χ4v) is 2.98. The Morgan fingerprint density at radius 3 is 1.71 bits per heavy atom. The summed E-state index contributed by atoms with van der Waals surface area (Å²) >= 11 is 0. The third-order valence-corrected chi connectivity index (χ3v) is 4.80. The maximum absolute atomic E-state index is 12.6. The Balaban J connectivity index is 2.18. The molecule has 0 unspecified atom stereocenters. The van der Waals surface area contributed by atoms with Crippen LogP contribution >= 0.6 is 0 Å². The van der Waals surface area contributed by atoms with Crippen molar-refractivity contribution in [2.75, 3.05) is 24.9 Å². The van der Waals surface area contributed by atoms with Crippen molar-refractivity contribution in [2.45, 2.75) is 26.7 Å². The van der Waals surface area contributed by atoms with Gasteiger partial charge < -0.3 is 20.1 Å². The maximum atomic E-state index is 12.6. The van der Waals surface area contributed by atoms with Gasteiger partial charge in [0.1, 0.15) is 0 Å². The summed E-state index contributed by atoms with van der Waals surface area (Å²) in [5.41, 5.74) is 1.36. The highest BCUT2D eigenvalue weighted by Crippen LogP contribution is 2.19. The highest BCUT2D eigenvalue weighted by Gasteiger charge is 2.17. The van der Waals surface area contributed by atoms with E-state index in [0.717, 1.165) is 12.8 Å². The first-order valence-corrected chi connectivity index (χ1v) is 9.86. The summed E-state index contributed by atoms with van der Waals surface area (Å²) in [6.45, 7) is 3.92. The van der Waals surface area contributed by atoms with Gasteiger partial charge in [0.05, 0.1) is 25.3 Å². The number of hydrogen-bond donors (Lipinski definition) is 2. The normalized spacial score (nSPS) is 10.4. The lowest BCUT2D eigenvalue weighted by molar-refractivity contribution is -0.120. The lowest BCUT2D eigenvalue weighted by atomic mass is 10.0. The molecule has 31 heavy (non-hydrogen) atoms. The van der Waals surface area contributed by atoms with Crippen LogP contribution in [0, 0.1) is 5.92 Å². The minimum absolute atomic E-state index is 0.0582. The summed E-state index contributed by atoms with van der Waals surface area (Å²) in [5.74, 6) is -1.88. The zero-order valence-electron chi connectivity index (χ0n) is 18.0. The fourth-order valence-electron chi connectivity index (χ4n) is 2.98. The predicted molar refractivity (Wildman–Crippen MR) is 116 cm³/mol. The van der Waals surface area contributed by atoms with E-state index in [1.54, 1.807) is 24.3 Å². The number of carbonyl (C=O) groups excluding carboxylic acids is 4. The highest BCUT2D eigenvalue weighted by molar-refractivity contribution is 6.06. The number of esters is 2. The van der Waals surface area contributed by atoms with Gasteiger partial charge in [-0.05, 0) is 55.3 Å². The SMILES string of the molecule is CCC(CC)C(=O)Nc1ccc(C(=O)Nc2cc(C(=O)OC)cc(C(=O)OC)c2)cc1. The van der Waals surface area contributed by atoms with Crippen molar-refractivity contribution in [1.29, 1.82) is 0 Å². The molecule has 164 valence electrons. The van der Waals surface area contributed by atoms with Crippen LogP contribution in [-0.2, 0) is 14.3 Å². The second kappa shape index (κ2) is 10.9.